The maximum atomic E-state index is 5.79. The van der Waals surface area contributed by atoms with Crippen molar-refractivity contribution in [2.24, 2.45) is 0 Å². The molecule has 2 rings (SSSR count). The van der Waals surface area contributed by atoms with Gasteiger partial charge >= 0.3 is 0 Å². The van der Waals surface area contributed by atoms with Gasteiger partial charge in [0.2, 0.25) is 0 Å². The van der Waals surface area contributed by atoms with Gasteiger partial charge in [-0.05, 0) is 7.05 Å². The van der Waals surface area contributed by atoms with E-state index in [1.807, 2.05) is 17.9 Å². The molecule has 0 aliphatic rings. The normalized spacial score (nSPS) is 11.0. The molecule has 0 atom stereocenters. The zero-order chi connectivity index (χ0) is 12.1. The lowest BCUT2D eigenvalue weighted by molar-refractivity contribution is 0.301. The van der Waals surface area contributed by atoms with Crippen molar-refractivity contribution in [1.82, 2.24) is 24.6 Å². The Morgan fingerprint density at radius 1 is 1.35 bits per heavy atom. The molecule has 5 nitrogen and oxygen atoms in total. The molecular formula is C11H14ClN5. The van der Waals surface area contributed by atoms with E-state index >= 15 is 0 Å². The van der Waals surface area contributed by atoms with Crippen molar-refractivity contribution in [3.05, 3.63) is 41.7 Å². The smallest absolute Gasteiger partial charge is 0.0785 e. The van der Waals surface area contributed by atoms with E-state index in [1.54, 1.807) is 24.8 Å². The number of rotatable bonds is 5. The summed E-state index contributed by atoms with van der Waals surface area (Å²) in [6.45, 7) is 2.47. The molecule has 0 bridgehead atoms. The zero-order valence-corrected chi connectivity index (χ0v) is 10.4. The van der Waals surface area contributed by atoms with Crippen LogP contribution in [-0.2, 0) is 13.1 Å². The summed E-state index contributed by atoms with van der Waals surface area (Å²) in [6, 6.07) is 0. The van der Waals surface area contributed by atoms with E-state index in [9.17, 15) is 0 Å². The van der Waals surface area contributed by atoms with Gasteiger partial charge in [0.05, 0.1) is 23.5 Å². The Hall–Kier alpha value is -1.46. The van der Waals surface area contributed by atoms with E-state index in [0.29, 0.717) is 5.02 Å². The summed E-state index contributed by atoms with van der Waals surface area (Å²) in [7, 11) is 2.04. The number of hydrogen-bond acceptors (Lipinski definition) is 4. The second kappa shape index (κ2) is 5.75. The first-order valence-electron chi connectivity index (χ1n) is 5.35. The van der Waals surface area contributed by atoms with Crippen LogP contribution in [0.15, 0.2) is 31.0 Å². The topological polar surface area (TPSA) is 46.8 Å². The molecule has 6 heteroatoms. The van der Waals surface area contributed by atoms with Crippen LogP contribution in [0, 0.1) is 0 Å². The molecule has 0 saturated carbocycles. The van der Waals surface area contributed by atoms with Crippen molar-refractivity contribution in [2.45, 2.75) is 13.1 Å². The van der Waals surface area contributed by atoms with Crippen molar-refractivity contribution < 1.29 is 0 Å². The van der Waals surface area contributed by atoms with Crippen LogP contribution in [0.25, 0.3) is 0 Å². The van der Waals surface area contributed by atoms with Crippen molar-refractivity contribution in [2.75, 3.05) is 13.6 Å². The molecular weight excluding hydrogens is 238 g/mol. The molecule has 90 valence electrons. The van der Waals surface area contributed by atoms with Gasteiger partial charge in [0.25, 0.3) is 0 Å². The minimum Gasteiger partial charge on any atom is -0.299 e. The molecule has 0 N–H and O–H groups in total. The Labute approximate surface area is 105 Å². The fourth-order valence-corrected chi connectivity index (χ4v) is 1.66. The van der Waals surface area contributed by atoms with Gasteiger partial charge in [-0.3, -0.25) is 19.5 Å². The summed E-state index contributed by atoms with van der Waals surface area (Å²) in [5.74, 6) is 0. The number of hydrogen-bond donors (Lipinski definition) is 0. The minimum atomic E-state index is 0.668. The first-order valence-corrected chi connectivity index (χ1v) is 5.73. The Morgan fingerprint density at radius 2 is 2.24 bits per heavy atom. The summed E-state index contributed by atoms with van der Waals surface area (Å²) < 4.78 is 1.83. The fourth-order valence-electron chi connectivity index (χ4n) is 1.50. The van der Waals surface area contributed by atoms with Gasteiger partial charge in [-0.1, -0.05) is 11.6 Å². The van der Waals surface area contributed by atoms with Crippen LogP contribution in [-0.4, -0.2) is 38.2 Å². The van der Waals surface area contributed by atoms with Gasteiger partial charge in [0, 0.05) is 37.9 Å². The predicted octanol–water partition coefficient (Wildman–Crippen LogP) is 1.46. The minimum absolute atomic E-state index is 0.668. The molecule has 0 radical (unpaired) electrons. The number of nitrogens with zero attached hydrogens (tertiary/aromatic N) is 5. The second-order valence-electron chi connectivity index (χ2n) is 3.86. The van der Waals surface area contributed by atoms with Crippen molar-refractivity contribution in [3.63, 3.8) is 0 Å². The maximum Gasteiger partial charge on any atom is 0.0785 e. The molecule has 0 aliphatic heterocycles. The lowest BCUT2D eigenvalue weighted by atomic mass is 10.4. The van der Waals surface area contributed by atoms with Crippen molar-refractivity contribution in [3.8, 4) is 0 Å². The number of likely N-dealkylation sites (N-methyl/N-ethyl adjacent to an activating group) is 1. The molecule has 0 amide bonds. The average molecular weight is 252 g/mol. The first-order chi connectivity index (χ1) is 8.24. The zero-order valence-electron chi connectivity index (χ0n) is 9.62. The lowest BCUT2D eigenvalue weighted by Crippen LogP contribution is -2.23. The summed E-state index contributed by atoms with van der Waals surface area (Å²) in [5.41, 5.74) is 0.966. The van der Waals surface area contributed by atoms with Crippen molar-refractivity contribution in [1.29, 1.82) is 0 Å². The third kappa shape index (κ3) is 3.80. The molecule has 2 aromatic heterocycles. The molecule has 0 unspecified atom stereocenters. The summed E-state index contributed by atoms with van der Waals surface area (Å²) >= 11 is 5.79. The van der Waals surface area contributed by atoms with Crippen LogP contribution in [0.3, 0.4) is 0 Å². The van der Waals surface area contributed by atoms with E-state index in [2.05, 4.69) is 20.0 Å². The molecule has 0 fully saturated rings. The van der Waals surface area contributed by atoms with E-state index in [4.69, 9.17) is 11.6 Å². The Balaban J connectivity index is 1.80. The summed E-state index contributed by atoms with van der Waals surface area (Å²) in [6.07, 6.45) is 8.62. The van der Waals surface area contributed by atoms with E-state index in [1.165, 1.54) is 0 Å². The highest BCUT2D eigenvalue weighted by molar-refractivity contribution is 6.30. The SMILES string of the molecule is CN(CCn1cc(Cl)cn1)Cc1cnccn1. The Bertz CT molecular complexity index is 456. The van der Waals surface area contributed by atoms with Gasteiger partial charge in [-0.15, -0.1) is 0 Å². The molecule has 2 heterocycles. The van der Waals surface area contributed by atoms with E-state index in [-0.39, 0.29) is 0 Å². The van der Waals surface area contributed by atoms with Gasteiger partial charge < -0.3 is 0 Å². The summed E-state index contributed by atoms with van der Waals surface area (Å²) in [4.78, 5) is 10.4. The monoisotopic (exact) mass is 251 g/mol. The van der Waals surface area contributed by atoms with Gasteiger partial charge in [-0.2, -0.15) is 5.10 Å². The quantitative estimate of drug-likeness (QED) is 0.807. The number of halogens is 1. The second-order valence-corrected chi connectivity index (χ2v) is 4.29. The molecule has 0 spiro atoms. The maximum absolute atomic E-state index is 5.79. The van der Waals surface area contributed by atoms with Gasteiger partial charge in [0.15, 0.2) is 0 Å². The highest BCUT2D eigenvalue weighted by Crippen LogP contribution is 2.04. The third-order valence-electron chi connectivity index (χ3n) is 2.36. The molecule has 0 saturated heterocycles. The molecule has 17 heavy (non-hydrogen) atoms. The van der Waals surface area contributed by atoms with Crippen LogP contribution in [0.2, 0.25) is 5.02 Å². The van der Waals surface area contributed by atoms with Crippen LogP contribution in [0.4, 0.5) is 0 Å². The summed E-state index contributed by atoms with van der Waals surface area (Å²) in [5, 5.41) is 4.79. The Morgan fingerprint density at radius 3 is 2.88 bits per heavy atom. The van der Waals surface area contributed by atoms with E-state index in [0.717, 1.165) is 25.3 Å². The highest BCUT2D eigenvalue weighted by Gasteiger charge is 2.02. The Kier molecular flexibility index (Phi) is 4.06. The fraction of sp³-hybridized carbons (Fsp3) is 0.364. The first kappa shape index (κ1) is 12.0. The molecule has 0 aliphatic carbocycles. The van der Waals surface area contributed by atoms with E-state index < -0.39 is 0 Å². The van der Waals surface area contributed by atoms with Crippen LogP contribution in [0.1, 0.15) is 5.69 Å². The van der Waals surface area contributed by atoms with Crippen LogP contribution < -0.4 is 0 Å². The van der Waals surface area contributed by atoms with Crippen LogP contribution >= 0.6 is 11.6 Å². The predicted molar refractivity (Wildman–Crippen MR) is 65.6 cm³/mol. The molecule has 0 aromatic carbocycles. The highest BCUT2D eigenvalue weighted by atomic mass is 35.5. The lowest BCUT2D eigenvalue weighted by Gasteiger charge is -2.15. The molecule has 2 aromatic rings. The van der Waals surface area contributed by atoms with Gasteiger partial charge in [0.1, 0.15) is 0 Å². The third-order valence-corrected chi connectivity index (χ3v) is 2.56. The standard InChI is InChI=1S/C11H14ClN5/c1-16(9-11-7-13-2-3-14-11)4-5-17-8-10(12)6-15-17/h2-3,6-8H,4-5,9H2,1H3. The number of aromatic nitrogens is 4. The average Bonchev–Trinajstić information content (AvgIpc) is 2.74. The van der Waals surface area contributed by atoms with Crippen LogP contribution in [0.5, 0.6) is 0 Å². The van der Waals surface area contributed by atoms with Crippen molar-refractivity contribution >= 4 is 11.6 Å². The van der Waals surface area contributed by atoms with Gasteiger partial charge in [-0.25, -0.2) is 0 Å². The largest absolute Gasteiger partial charge is 0.299 e.